The summed E-state index contributed by atoms with van der Waals surface area (Å²) in [6.45, 7) is 2.69. The molecule has 0 aromatic heterocycles. The molecule has 1 unspecified atom stereocenters. The number of hydrogen-bond donors (Lipinski definition) is 1. The average Bonchev–Trinajstić information content (AvgIpc) is 2.33. The summed E-state index contributed by atoms with van der Waals surface area (Å²) in [5, 5.41) is 9.03. The Hall–Kier alpha value is -1.13. The number of piperazine rings is 1. The molecule has 0 bridgehead atoms. The lowest BCUT2D eigenvalue weighted by Crippen LogP contribution is -2.52. The van der Waals surface area contributed by atoms with Crippen LogP contribution in [0.5, 0.6) is 0 Å². The lowest BCUT2D eigenvalue weighted by Gasteiger charge is -2.40. The molecule has 2 rings (SSSR count). The van der Waals surface area contributed by atoms with E-state index in [1.165, 1.54) is 6.07 Å². The summed E-state index contributed by atoms with van der Waals surface area (Å²) in [5.74, 6) is -0.167. The van der Waals surface area contributed by atoms with E-state index in [2.05, 4.69) is 16.8 Å². The molecule has 0 saturated carbocycles. The van der Waals surface area contributed by atoms with E-state index in [4.69, 9.17) is 5.11 Å². The Balaban J connectivity index is 2.10. The van der Waals surface area contributed by atoms with E-state index in [-0.39, 0.29) is 12.4 Å². The largest absolute Gasteiger partial charge is 0.396 e. The standard InChI is InChI=1S/C13H19FN2O/c1-15-7-8-16(10-11(15)6-9-17)13-5-3-2-4-12(13)14/h2-5,11,17H,6-10H2,1H3. The van der Waals surface area contributed by atoms with Crippen molar-refractivity contribution in [1.82, 2.24) is 4.90 Å². The number of aliphatic hydroxyl groups excluding tert-OH is 1. The first-order chi connectivity index (χ1) is 8.22. The Kier molecular flexibility index (Phi) is 3.97. The van der Waals surface area contributed by atoms with Crippen LogP contribution in [0.1, 0.15) is 6.42 Å². The third-order valence-electron chi connectivity index (χ3n) is 3.43. The molecule has 1 saturated heterocycles. The smallest absolute Gasteiger partial charge is 0.146 e. The zero-order valence-electron chi connectivity index (χ0n) is 10.1. The number of likely N-dealkylation sites (N-methyl/N-ethyl adjacent to an activating group) is 1. The first-order valence-electron chi connectivity index (χ1n) is 6.03. The zero-order valence-corrected chi connectivity index (χ0v) is 10.1. The van der Waals surface area contributed by atoms with Gasteiger partial charge in [0.2, 0.25) is 0 Å². The van der Waals surface area contributed by atoms with E-state index in [1.807, 2.05) is 12.1 Å². The molecule has 1 atom stereocenters. The highest BCUT2D eigenvalue weighted by molar-refractivity contribution is 5.48. The molecule has 0 radical (unpaired) electrons. The van der Waals surface area contributed by atoms with Gasteiger partial charge in [-0.05, 0) is 25.6 Å². The van der Waals surface area contributed by atoms with E-state index in [0.717, 1.165) is 26.1 Å². The van der Waals surface area contributed by atoms with Gasteiger partial charge in [-0.25, -0.2) is 4.39 Å². The molecule has 1 aromatic rings. The fourth-order valence-corrected chi connectivity index (χ4v) is 2.33. The Bertz CT molecular complexity index is 372. The minimum atomic E-state index is -0.167. The van der Waals surface area contributed by atoms with Crippen molar-refractivity contribution in [3.63, 3.8) is 0 Å². The Morgan fingerprint density at radius 2 is 2.12 bits per heavy atom. The lowest BCUT2D eigenvalue weighted by atomic mass is 10.1. The Morgan fingerprint density at radius 1 is 1.35 bits per heavy atom. The molecule has 1 heterocycles. The second-order valence-electron chi connectivity index (χ2n) is 4.54. The molecule has 1 aliphatic heterocycles. The van der Waals surface area contributed by atoms with Gasteiger partial charge < -0.3 is 10.0 Å². The number of rotatable bonds is 3. The molecule has 3 nitrogen and oxygen atoms in total. The normalized spacial score (nSPS) is 21.8. The highest BCUT2D eigenvalue weighted by Gasteiger charge is 2.25. The van der Waals surface area contributed by atoms with Crippen LogP contribution in [0.2, 0.25) is 0 Å². The van der Waals surface area contributed by atoms with Crippen molar-refractivity contribution in [2.75, 3.05) is 38.2 Å². The van der Waals surface area contributed by atoms with Gasteiger partial charge in [-0.1, -0.05) is 12.1 Å². The molecule has 1 aliphatic rings. The van der Waals surface area contributed by atoms with Crippen molar-refractivity contribution < 1.29 is 9.50 Å². The second-order valence-corrected chi connectivity index (χ2v) is 4.54. The first kappa shape index (κ1) is 12.3. The Labute approximate surface area is 101 Å². The van der Waals surface area contributed by atoms with Crippen LogP contribution < -0.4 is 4.90 Å². The number of aliphatic hydroxyl groups is 1. The van der Waals surface area contributed by atoms with E-state index in [0.29, 0.717) is 11.7 Å². The summed E-state index contributed by atoms with van der Waals surface area (Å²) >= 11 is 0. The molecule has 0 amide bonds. The Morgan fingerprint density at radius 3 is 2.82 bits per heavy atom. The van der Waals surface area contributed by atoms with Crippen LogP contribution in [0.25, 0.3) is 0 Å². The molecule has 4 heteroatoms. The summed E-state index contributed by atoms with van der Waals surface area (Å²) < 4.78 is 13.7. The minimum absolute atomic E-state index is 0.167. The van der Waals surface area contributed by atoms with Gasteiger partial charge in [0.15, 0.2) is 0 Å². The summed E-state index contributed by atoms with van der Waals surface area (Å²) in [6.07, 6.45) is 0.738. The molecule has 0 spiro atoms. The van der Waals surface area contributed by atoms with Gasteiger partial charge in [0.05, 0.1) is 5.69 Å². The van der Waals surface area contributed by atoms with Crippen LogP contribution in [0, 0.1) is 5.82 Å². The van der Waals surface area contributed by atoms with Crippen LogP contribution in [0.15, 0.2) is 24.3 Å². The van der Waals surface area contributed by atoms with Gasteiger partial charge in [0, 0.05) is 32.3 Å². The quantitative estimate of drug-likeness (QED) is 0.860. The molecule has 1 aromatic carbocycles. The van der Waals surface area contributed by atoms with Gasteiger partial charge in [-0.2, -0.15) is 0 Å². The van der Waals surface area contributed by atoms with Crippen LogP contribution >= 0.6 is 0 Å². The van der Waals surface area contributed by atoms with E-state index in [9.17, 15) is 4.39 Å². The zero-order chi connectivity index (χ0) is 12.3. The number of benzene rings is 1. The predicted octanol–water partition coefficient (Wildman–Crippen LogP) is 1.33. The molecular weight excluding hydrogens is 219 g/mol. The van der Waals surface area contributed by atoms with Crippen molar-refractivity contribution in [2.45, 2.75) is 12.5 Å². The van der Waals surface area contributed by atoms with Gasteiger partial charge in [-0.15, -0.1) is 0 Å². The summed E-state index contributed by atoms with van der Waals surface area (Å²) in [6, 6.07) is 7.18. The van der Waals surface area contributed by atoms with Crippen molar-refractivity contribution >= 4 is 5.69 Å². The van der Waals surface area contributed by atoms with Gasteiger partial charge in [-0.3, -0.25) is 4.90 Å². The lowest BCUT2D eigenvalue weighted by molar-refractivity contribution is 0.170. The molecular formula is C13H19FN2O. The number of halogens is 1. The second kappa shape index (κ2) is 5.47. The van der Waals surface area contributed by atoms with Crippen LogP contribution in [-0.2, 0) is 0 Å². The van der Waals surface area contributed by atoms with Crippen molar-refractivity contribution in [2.24, 2.45) is 0 Å². The monoisotopic (exact) mass is 238 g/mol. The number of nitrogens with zero attached hydrogens (tertiary/aromatic N) is 2. The predicted molar refractivity (Wildman–Crippen MR) is 66.7 cm³/mol. The summed E-state index contributed by atoms with van der Waals surface area (Å²) in [5.41, 5.74) is 0.670. The van der Waals surface area contributed by atoms with Gasteiger partial charge in [0.25, 0.3) is 0 Å². The minimum Gasteiger partial charge on any atom is -0.396 e. The number of hydrogen-bond acceptors (Lipinski definition) is 3. The maximum Gasteiger partial charge on any atom is 0.146 e. The van der Waals surface area contributed by atoms with Crippen LogP contribution in [0.3, 0.4) is 0 Å². The molecule has 94 valence electrons. The average molecular weight is 238 g/mol. The topological polar surface area (TPSA) is 26.7 Å². The van der Waals surface area contributed by atoms with Gasteiger partial charge in [0.1, 0.15) is 5.82 Å². The molecule has 1 N–H and O–H groups in total. The van der Waals surface area contributed by atoms with E-state index >= 15 is 0 Å². The van der Waals surface area contributed by atoms with E-state index in [1.54, 1.807) is 6.07 Å². The van der Waals surface area contributed by atoms with Crippen molar-refractivity contribution in [3.05, 3.63) is 30.1 Å². The van der Waals surface area contributed by atoms with E-state index < -0.39 is 0 Å². The van der Waals surface area contributed by atoms with Crippen LogP contribution in [-0.4, -0.2) is 49.3 Å². The van der Waals surface area contributed by atoms with Crippen molar-refractivity contribution in [1.29, 1.82) is 0 Å². The maximum atomic E-state index is 13.7. The third kappa shape index (κ3) is 2.76. The molecule has 1 fully saturated rings. The first-order valence-corrected chi connectivity index (χ1v) is 6.03. The van der Waals surface area contributed by atoms with Crippen LogP contribution in [0.4, 0.5) is 10.1 Å². The molecule has 0 aliphatic carbocycles. The highest BCUT2D eigenvalue weighted by atomic mass is 19.1. The third-order valence-corrected chi connectivity index (χ3v) is 3.43. The highest BCUT2D eigenvalue weighted by Crippen LogP contribution is 2.22. The van der Waals surface area contributed by atoms with Crippen molar-refractivity contribution in [3.8, 4) is 0 Å². The maximum absolute atomic E-state index is 13.7. The fourth-order valence-electron chi connectivity index (χ4n) is 2.33. The number of anilines is 1. The summed E-state index contributed by atoms with van der Waals surface area (Å²) in [7, 11) is 2.05. The summed E-state index contributed by atoms with van der Waals surface area (Å²) in [4.78, 5) is 4.29. The SMILES string of the molecule is CN1CCN(c2ccccc2F)CC1CCO. The fraction of sp³-hybridized carbons (Fsp3) is 0.538. The molecule has 17 heavy (non-hydrogen) atoms. The van der Waals surface area contributed by atoms with Gasteiger partial charge >= 0.3 is 0 Å². The number of para-hydroxylation sites is 1.